The van der Waals surface area contributed by atoms with Gasteiger partial charge >= 0.3 is 6.01 Å². The first-order valence-corrected chi connectivity index (χ1v) is 5.78. The van der Waals surface area contributed by atoms with Gasteiger partial charge in [-0.15, -0.1) is 0 Å². The van der Waals surface area contributed by atoms with E-state index < -0.39 is 0 Å². The molecule has 2 rings (SSSR count). The highest BCUT2D eigenvalue weighted by Gasteiger charge is 2.19. The van der Waals surface area contributed by atoms with E-state index in [1.54, 1.807) is 6.07 Å². The minimum atomic E-state index is 0.166. The van der Waals surface area contributed by atoms with Crippen molar-refractivity contribution in [3.63, 3.8) is 0 Å². The molecule has 1 fully saturated rings. The van der Waals surface area contributed by atoms with E-state index in [1.807, 2.05) is 13.0 Å². The first-order valence-electron chi connectivity index (χ1n) is 5.78. The summed E-state index contributed by atoms with van der Waals surface area (Å²) in [5, 5.41) is 8.82. The van der Waals surface area contributed by atoms with E-state index >= 15 is 0 Å². The highest BCUT2D eigenvalue weighted by atomic mass is 16.5. The summed E-state index contributed by atoms with van der Waals surface area (Å²) in [5.74, 6) is 0. The van der Waals surface area contributed by atoms with E-state index in [-0.39, 0.29) is 6.10 Å². The molecular formula is C12H16N4O. The Morgan fingerprint density at radius 3 is 2.76 bits per heavy atom. The number of hydrogen-bond acceptors (Lipinski definition) is 5. The third-order valence-corrected chi connectivity index (χ3v) is 2.89. The number of ether oxygens (including phenoxy) is 1. The van der Waals surface area contributed by atoms with Crippen LogP contribution in [0, 0.1) is 18.3 Å². The number of nitrogens with zero attached hydrogens (tertiary/aromatic N) is 4. The fourth-order valence-electron chi connectivity index (χ4n) is 1.90. The molecule has 1 aliphatic rings. The van der Waals surface area contributed by atoms with Crippen LogP contribution in [0.3, 0.4) is 0 Å². The summed E-state index contributed by atoms with van der Waals surface area (Å²) in [6.07, 6.45) is 2.13. The summed E-state index contributed by atoms with van der Waals surface area (Å²) in [5.41, 5.74) is 1.12. The third-order valence-electron chi connectivity index (χ3n) is 2.89. The van der Waals surface area contributed by atoms with E-state index in [0.717, 1.165) is 31.6 Å². The average molecular weight is 232 g/mol. The van der Waals surface area contributed by atoms with Crippen molar-refractivity contribution in [3.8, 4) is 12.1 Å². The first-order chi connectivity index (χ1) is 8.17. The van der Waals surface area contributed by atoms with Gasteiger partial charge in [0.15, 0.2) is 0 Å². The predicted octanol–water partition coefficient (Wildman–Crippen LogP) is 1.13. The molecule has 1 saturated heterocycles. The standard InChI is InChI=1S/C12H16N4O/c1-9-7-10(8-13)15-12(14-9)17-11-3-5-16(2)6-4-11/h7,11H,3-6H2,1-2H3. The lowest BCUT2D eigenvalue weighted by Crippen LogP contribution is -2.36. The van der Waals surface area contributed by atoms with Gasteiger partial charge in [-0.3, -0.25) is 0 Å². The van der Waals surface area contributed by atoms with Crippen molar-refractivity contribution in [2.45, 2.75) is 25.9 Å². The lowest BCUT2D eigenvalue weighted by molar-refractivity contribution is 0.105. The Labute approximate surface area is 101 Å². The quantitative estimate of drug-likeness (QED) is 0.765. The molecule has 0 aromatic carbocycles. The van der Waals surface area contributed by atoms with E-state index in [9.17, 15) is 0 Å². The first kappa shape index (κ1) is 11.8. The van der Waals surface area contributed by atoms with Gasteiger partial charge in [0.2, 0.25) is 0 Å². The molecule has 0 bridgehead atoms. The highest BCUT2D eigenvalue weighted by molar-refractivity contribution is 5.23. The van der Waals surface area contributed by atoms with E-state index in [0.29, 0.717) is 11.7 Å². The van der Waals surface area contributed by atoms with Crippen LogP contribution in [-0.2, 0) is 0 Å². The topological polar surface area (TPSA) is 62.0 Å². The van der Waals surface area contributed by atoms with Crippen LogP contribution in [0.2, 0.25) is 0 Å². The van der Waals surface area contributed by atoms with Crippen molar-refractivity contribution in [3.05, 3.63) is 17.5 Å². The molecule has 1 aliphatic heterocycles. The largest absolute Gasteiger partial charge is 0.460 e. The number of aryl methyl sites for hydroxylation is 1. The van der Waals surface area contributed by atoms with Crippen LogP contribution in [0.4, 0.5) is 0 Å². The maximum absolute atomic E-state index is 8.82. The molecule has 5 nitrogen and oxygen atoms in total. The van der Waals surface area contributed by atoms with Crippen molar-refractivity contribution < 1.29 is 4.74 Å². The minimum absolute atomic E-state index is 0.166. The minimum Gasteiger partial charge on any atom is -0.460 e. The Balaban J connectivity index is 2.03. The summed E-state index contributed by atoms with van der Waals surface area (Å²) < 4.78 is 5.73. The van der Waals surface area contributed by atoms with Crippen LogP contribution in [0.25, 0.3) is 0 Å². The molecule has 0 N–H and O–H groups in total. The fraction of sp³-hybridized carbons (Fsp3) is 0.583. The van der Waals surface area contributed by atoms with Gasteiger partial charge in [-0.25, -0.2) is 4.98 Å². The van der Waals surface area contributed by atoms with Crippen LogP contribution in [0.1, 0.15) is 24.2 Å². The van der Waals surface area contributed by atoms with Crippen molar-refractivity contribution in [1.29, 1.82) is 5.26 Å². The van der Waals surface area contributed by atoms with E-state index in [2.05, 4.69) is 21.9 Å². The Bertz CT molecular complexity index is 433. The van der Waals surface area contributed by atoms with Crippen LogP contribution < -0.4 is 4.74 Å². The second kappa shape index (κ2) is 5.11. The Morgan fingerprint density at radius 1 is 1.41 bits per heavy atom. The molecule has 1 aromatic heterocycles. The number of aromatic nitrogens is 2. The van der Waals surface area contributed by atoms with Crippen molar-refractivity contribution in [1.82, 2.24) is 14.9 Å². The molecule has 5 heteroatoms. The normalized spacial score (nSPS) is 17.7. The van der Waals surface area contributed by atoms with E-state index in [1.165, 1.54) is 0 Å². The molecule has 17 heavy (non-hydrogen) atoms. The van der Waals surface area contributed by atoms with Crippen molar-refractivity contribution in [2.75, 3.05) is 20.1 Å². The summed E-state index contributed by atoms with van der Waals surface area (Å²) in [6.45, 7) is 3.90. The second-order valence-corrected chi connectivity index (χ2v) is 4.41. The van der Waals surface area contributed by atoms with Crippen LogP contribution >= 0.6 is 0 Å². The lowest BCUT2D eigenvalue weighted by Gasteiger charge is -2.28. The summed E-state index contributed by atoms with van der Waals surface area (Å²) in [4.78, 5) is 10.5. The highest BCUT2D eigenvalue weighted by Crippen LogP contribution is 2.15. The summed E-state index contributed by atoms with van der Waals surface area (Å²) >= 11 is 0. The van der Waals surface area contributed by atoms with E-state index in [4.69, 9.17) is 10.00 Å². The number of rotatable bonds is 2. The molecule has 0 atom stereocenters. The fourth-order valence-corrected chi connectivity index (χ4v) is 1.90. The zero-order chi connectivity index (χ0) is 12.3. The van der Waals surface area contributed by atoms with Gasteiger partial charge in [-0.2, -0.15) is 10.2 Å². The maximum atomic E-state index is 8.82. The molecule has 2 heterocycles. The van der Waals surface area contributed by atoms with Gasteiger partial charge in [-0.05, 0) is 32.9 Å². The lowest BCUT2D eigenvalue weighted by atomic mass is 10.1. The molecule has 0 unspecified atom stereocenters. The Morgan fingerprint density at radius 2 is 2.12 bits per heavy atom. The van der Waals surface area contributed by atoms with Crippen LogP contribution in [-0.4, -0.2) is 41.1 Å². The smallest absolute Gasteiger partial charge is 0.318 e. The van der Waals surface area contributed by atoms with Gasteiger partial charge in [-0.1, -0.05) is 0 Å². The number of piperidine rings is 1. The van der Waals surface area contributed by atoms with Crippen molar-refractivity contribution >= 4 is 0 Å². The number of nitriles is 1. The summed E-state index contributed by atoms with van der Waals surface area (Å²) in [6, 6.07) is 4.00. The number of hydrogen-bond donors (Lipinski definition) is 0. The Hall–Kier alpha value is -1.67. The maximum Gasteiger partial charge on any atom is 0.318 e. The van der Waals surface area contributed by atoms with Crippen LogP contribution in [0.15, 0.2) is 6.07 Å². The number of likely N-dealkylation sites (tertiary alicyclic amines) is 1. The van der Waals surface area contributed by atoms with Gasteiger partial charge in [0.25, 0.3) is 0 Å². The molecular weight excluding hydrogens is 216 g/mol. The molecule has 0 aliphatic carbocycles. The predicted molar refractivity (Wildman–Crippen MR) is 62.6 cm³/mol. The zero-order valence-corrected chi connectivity index (χ0v) is 10.2. The van der Waals surface area contributed by atoms with Gasteiger partial charge in [0.1, 0.15) is 17.9 Å². The third kappa shape index (κ3) is 3.14. The second-order valence-electron chi connectivity index (χ2n) is 4.41. The molecule has 0 saturated carbocycles. The zero-order valence-electron chi connectivity index (χ0n) is 10.2. The molecule has 0 spiro atoms. The van der Waals surface area contributed by atoms with Gasteiger partial charge in [0, 0.05) is 18.8 Å². The van der Waals surface area contributed by atoms with Crippen molar-refractivity contribution in [2.24, 2.45) is 0 Å². The molecule has 1 aromatic rings. The molecule has 0 amide bonds. The monoisotopic (exact) mass is 232 g/mol. The average Bonchev–Trinajstić information content (AvgIpc) is 2.31. The SMILES string of the molecule is Cc1cc(C#N)nc(OC2CCN(C)CC2)n1. The van der Waals surface area contributed by atoms with Gasteiger partial charge < -0.3 is 9.64 Å². The molecule has 0 radical (unpaired) electrons. The Kier molecular flexibility index (Phi) is 3.55. The summed E-state index contributed by atoms with van der Waals surface area (Å²) in [7, 11) is 2.10. The molecule has 90 valence electrons. The van der Waals surface area contributed by atoms with Gasteiger partial charge in [0.05, 0.1) is 0 Å². The van der Waals surface area contributed by atoms with Crippen LogP contribution in [0.5, 0.6) is 6.01 Å².